The van der Waals surface area contributed by atoms with Crippen molar-refractivity contribution < 1.29 is 22.7 Å². The minimum atomic E-state index is -4.64. The van der Waals surface area contributed by atoms with Gasteiger partial charge in [-0.05, 0) is 49.7 Å². The van der Waals surface area contributed by atoms with Crippen LogP contribution in [0.2, 0.25) is 5.02 Å². The average molecular weight is 524 g/mol. The first-order valence-corrected chi connectivity index (χ1v) is 11.5. The van der Waals surface area contributed by atoms with Gasteiger partial charge >= 0.3 is 12.2 Å². The average Bonchev–Trinajstić information content (AvgIpc) is 2.82. The van der Waals surface area contributed by atoms with Crippen LogP contribution in [0.4, 0.5) is 35.0 Å². The van der Waals surface area contributed by atoms with Gasteiger partial charge < -0.3 is 25.6 Å². The second-order valence-corrected chi connectivity index (χ2v) is 8.62. The Morgan fingerprint density at radius 1 is 1.11 bits per heavy atom. The zero-order chi connectivity index (χ0) is 25.9. The molecular weight excluding hydrogens is 499 g/mol. The van der Waals surface area contributed by atoms with Crippen LogP contribution >= 0.6 is 11.6 Å². The van der Waals surface area contributed by atoms with Gasteiger partial charge in [0.1, 0.15) is 6.17 Å². The summed E-state index contributed by atoms with van der Waals surface area (Å²) in [6.07, 6.45) is -4.93. The summed E-state index contributed by atoms with van der Waals surface area (Å²) >= 11 is 5.64. The number of guanidine groups is 2. The minimum Gasteiger partial charge on any atom is -0.378 e. The molecule has 0 aromatic heterocycles. The number of nitrogens with zero attached hydrogens (tertiary/aromatic N) is 3. The van der Waals surface area contributed by atoms with Crippen molar-refractivity contribution in [1.29, 1.82) is 0 Å². The van der Waals surface area contributed by atoms with E-state index in [-0.39, 0.29) is 11.9 Å². The summed E-state index contributed by atoms with van der Waals surface area (Å²) in [6.45, 7) is 6.45. The number of aliphatic imine (C=N–C) groups is 2. The Balaban J connectivity index is 1.42. The predicted molar refractivity (Wildman–Crippen MR) is 134 cm³/mol. The molecule has 1 atom stereocenters. The number of amides is 2. The number of ether oxygens (including phenoxy) is 1. The van der Waals surface area contributed by atoms with Crippen molar-refractivity contribution in [3.05, 3.63) is 52.5 Å². The van der Waals surface area contributed by atoms with E-state index in [4.69, 9.17) is 16.3 Å². The number of morpholine rings is 1. The lowest BCUT2D eigenvalue weighted by molar-refractivity contribution is -0.137. The van der Waals surface area contributed by atoms with Crippen molar-refractivity contribution in [3.63, 3.8) is 0 Å². The lowest BCUT2D eigenvalue weighted by Gasteiger charge is -2.32. The van der Waals surface area contributed by atoms with E-state index >= 15 is 0 Å². The Bertz CT molecular complexity index is 1200. The molecule has 2 amide bonds. The lowest BCUT2D eigenvalue weighted by atomic mass is 10.2. The van der Waals surface area contributed by atoms with Gasteiger partial charge in [-0.15, -0.1) is 0 Å². The molecule has 36 heavy (non-hydrogen) atoms. The van der Waals surface area contributed by atoms with Crippen LogP contribution in [0.25, 0.3) is 0 Å². The summed E-state index contributed by atoms with van der Waals surface area (Å²) in [5.41, 5.74) is 0.927. The van der Waals surface area contributed by atoms with Crippen molar-refractivity contribution >= 4 is 46.6 Å². The zero-order valence-corrected chi connectivity index (χ0v) is 20.3. The maximum Gasteiger partial charge on any atom is 0.417 e. The molecule has 9 nitrogen and oxygen atoms in total. The van der Waals surface area contributed by atoms with E-state index in [1.807, 2.05) is 13.8 Å². The highest BCUT2D eigenvalue weighted by Gasteiger charge is 2.33. The first-order valence-electron chi connectivity index (χ1n) is 11.2. The first-order chi connectivity index (χ1) is 17.1. The highest BCUT2D eigenvalue weighted by Crippen LogP contribution is 2.36. The smallest absolute Gasteiger partial charge is 0.378 e. The Morgan fingerprint density at radius 3 is 2.47 bits per heavy atom. The number of nitrogens with one attached hydrogen (secondary N) is 4. The summed E-state index contributed by atoms with van der Waals surface area (Å²) in [4.78, 5) is 23.6. The number of halogens is 4. The van der Waals surface area contributed by atoms with E-state index in [2.05, 4.69) is 36.2 Å². The lowest BCUT2D eigenvalue weighted by Crippen LogP contribution is -2.52. The number of benzene rings is 2. The van der Waals surface area contributed by atoms with E-state index < -0.39 is 22.8 Å². The van der Waals surface area contributed by atoms with Gasteiger partial charge in [-0.2, -0.15) is 13.2 Å². The summed E-state index contributed by atoms with van der Waals surface area (Å²) in [5.74, 6) is 1.21. The van der Waals surface area contributed by atoms with Gasteiger partial charge in [0, 0.05) is 30.2 Å². The van der Waals surface area contributed by atoms with Crippen LogP contribution in [-0.2, 0) is 10.9 Å². The predicted octanol–water partition coefficient (Wildman–Crippen LogP) is 4.72. The van der Waals surface area contributed by atoms with Crippen LogP contribution < -0.4 is 21.3 Å². The van der Waals surface area contributed by atoms with Crippen LogP contribution in [0.3, 0.4) is 0 Å². The van der Waals surface area contributed by atoms with Gasteiger partial charge in [0.25, 0.3) is 0 Å². The number of urea groups is 1. The van der Waals surface area contributed by atoms with Crippen LogP contribution in [0.15, 0.2) is 46.4 Å². The molecule has 0 radical (unpaired) electrons. The molecule has 0 spiro atoms. The van der Waals surface area contributed by atoms with Crippen LogP contribution in [0, 0.1) is 6.92 Å². The van der Waals surface area contributed by atoms with E-state index in [1.165, 1.54) is 6.07 Å². The number of rotatable bonds is 3. The zero-order valence-electron chi connectivity index (χ0n) is 19.5. The first kappa shape index (κ1) is 25.6. The topological polar surface area (TPSA) is 102 Å². The Labute approximate surface area is 210 Å². The van der Waals surface area contributed by atoms with Crippen molar-refractivity contribution in [2.45, 2.75) is 26.2 Å². The fourth-order valence-electron chi connectivity index (χ4n) is 3.64. The van der Waals surface area contributed by atoms with Gasteiger partial charge in [-0.1, -0.05) is 17.7 Å². The number of aryl methyl sites for hydroxylation is 1. The molecule has 0 bridgehead atoms. The molecule has 1 saturated heterocycles. The molecule has 2 aliphatic rings. The van der Waals surface area contributed by atoms with Crippen molar-refractivity contribution in [2.24, 2.45) is 9.98 Å². The van der Waals surface area contributed by atoms with Crippen LogP contribution in [0.5, 0.6) is 0 Å². The van der Waals surface area contributed by atoms with E-state index in [0.29, 0.717) is 36.5 Å². The second kappa shape index (κ2) is 10.6. The molecule has 192 valence electrons. The highest BCUT2D eigenvalue weighted by molar-refractivity contribution is 6.31. The molecule has 0 saturated carbocycles. The van der Waals surface area contributed by atoms with Gasteiger partial charge in [0.15, 0.2) is 0 Å². The van der Waals surface area contributed by atoms with E-state index in [0.717, 1.165) is 30.8 Å². The van der Waals surface area contributed by atoms with Crippen LogP contribution in [-0.4, -0.2) is 55.3 Å². The molecule has 13 heteroatoms. The number of carbonyl (C=O) groups excluding carboxylic acids is 1. The molecular formula is C23H25ClF3N7O2. The molecule has 2 aromatic rings. The van der Waals surface area contributed by atoms with Gasteiger partial charge in [-0.3, -0.25) is 5.32 Å². The van der Waals surface area contributed by atoms with Gasteiger partial charge in [0.2, 0.25) is 11.9 Å². The number of carbonyl (C=O) groups is 1. The quantitative estimate of drug-likeness (QED) is 0.466. The maximum absolute atomic E-state index is 13.1. The molecule has 1 fully saturated rings. The van der Waals surface area contributed by atoms with Crippen molar-refractivity contribution in [2.75, 3.05) is 42.3 Å². The monoisotopic (exact) mass is 523 g/mol. The van der Waals surface area contributed by atoms with E-state index in [1.54, 1.807) is 18.2 Å². The molecule has 2 aromatic carbocycles. The van der Waals surface area contributed by atoms with Crippen molar-refractivity contribution in [1.82, 2.24) is 10.2 Å². The third-order valence-electron chi connectivity index (χ3n) is 5.44. The molecule has 2 aliphatic heterocycles. The van der Waals surface area contributed by atoms with Gasteiger partial charge in [-0.25, -0.2) is 14.8 Å². The summed E-state index contributed by atoms with van der Waals surface area (Å²) in [6, 6.07) is 7.64. The Kier molecular flexibility index (Phi) is 7.55. The van der Waals surface area contributed by atoms with Gasteiger partial charge in [0.05, 0.1) is 23.8 Å². The SMILES string of the molecule is Cc1ccc(NC(=O)Nc2ccc(Cl)c(C(F)(F)F)c2)cc1NC1=NC(C)N=C(N2CCOCC2)N1. The van der Waals surface area contributed by atoms with E-state index in [9.17, 15) is 18.0 Å². The summed E-state index contributed by atoms with van der Waals surface area (Å²) in [7, 11) is 0. The second-order valence-electron chi connectivity index (χ2n) is 8.21. The highest BCUT2D eigenvalue weighted by atomic mass is 35.5. The number of anilines is 3. The molecule has 0 aliphatic carbocycles. The third-order valence-corrected chi connectivity index (χ3v) is 5.77. The fourth-order valence-corrected chi connectivity index (χ4v) is 3.86. The normalized spacial score (nSPS) is 18.1. The Hall–Kier alpha value is -3.51. The molecule has 4 N–H and O–H groups in total. The minimum absolute atomic E-state index is 0.0423. The number of alkyl halides is 3. The molecule has 1 unspecified atom stereocenters. The Morgan fingerprint density at radius 2 is 1.78 bits per heavy atom. The molecule has 4 rings (SSSR count). The van der Waals surface area contributed by atoms with Crippen molar-refractivity contribution in [3.8, 4) is 0 Å². The number of hydrogen-bond acceptors (Lipinski definition) is 7. The molecule has 2 heterocycles. The summed E-state index contributed by atoms with van der Waals surface area (Å²) < 4.78 is 44.7. The standard InChI is InChI=1S/C23H25ClF3N7O2/c1-13-3-4-16(31-22(35)30-15-5-6-18(24)17(11-15)23(25,26)27)12-19(13)32-20-28-14(2)29-21(33-20)34-7-9-36-10-8-34/h3-6,11-12,14H,7-10H2,1-2H3,(H2,30,31,35)(H2,28,29,32,33). The fraction of sp³-hybridized carbons (Fsp3) is 0.348. The third kappa shape index (κ3) is 6.38. The summed E-state index contributed by atoms with van der Waals surface area (Å²) in [5, 5.41) is 11.0. The van der Waals surface area contributed by atoms with Crippen LogP contribution in [0.1, 0.15) is 18.1 Å². The number of hydrogen-bond donors (Lipinski definition) is 4. The maximum atomic E-state index is 13.1. The largest absolute Gasteiger partial charge is 0.417 e.